The van der Waals surface area contributed by atoms with E-state index in [1.165, 1.54) is 24.8 Å². The van der Waals surface area contributed by atoms with Gasteiger partial charge in [0.2, 0.25) is 0 Å². The summed E-state index contributed by atoms with van der Waals surface area (Å²) in [6.45, 7) is 3.36. The molecule has 2 unspecified atom stereocenters. The minimum absolute atomic E-state index is 0.204. The van der Waals surface area contributed by atoms with Crippen LogP contribution in [0.1, 0.15) is 44.1 Å². The molecule has 4 nitrogen and oxygen atoms in total. The molecule has 2 rings (SSSR count). The number of hydrogen-bond acceptors (Lipinski definition) is 2. The van der Waals surface area contributed by atoms with E-state index in [0.29, 0.717) is 18.9 Å². The fraction of sp³-hybridized carbons (Fsp3) is 0.588. The van der Waals surface area contributed by atoms with Gasteiger partial charge in [0.25, 0.3) is 0 Å². The summed E-state index contributed by atoms with van der Waals surface area (Å²) in [6.07, 6.45) is 4.30. The van der Waals surface area contributed by atoms with Crippen molar-refractivity contribution in [1.29, 1.82) is 0 Å². The van der Waals surface area contributed by atoms with E-state index in [0.717, 1.165) is 12.5 Å². The first-order valence-electron chi connectivity index (χ1n) is 7.92. The van der Waals surface area contributed by atoms with E-state index in [1.807, 2.05) is 25.1 Å². The predicted octanol–water partition coefficient (Wildman–Crippen LogP) is 2.25. The van der Waals surface area contributed by atoms with Crippen molar-refractivity contribution in [3.05, 3.63) is 35.9 Å². The lowest BCUT2D eigenvalue weighted by Gasteiger charge is -2.25. The van der Waals surface area contributed by atoms with E-state index in [-0.39, 0.29) is 12.0 Å². The Balaban J connectivity index is 1.88. The van der Waals surface area contributed by atoms with Crippen molar-refractivity contribution in [3.63, 3.8) is 0 Å². The topological polar surface area (TPSA) is 70.6 Å². The molecule has 4 heteroatoms. The molecule has 0 aliphatic heterocycles. The first-order valence-corrected chi connectivity index (χ1v) is 7.92. The number of aliphatic imine (C=N–C) groups is 1. The van der Waals surface area contributed by atoms with Gasteiger partial charge in [-0.15, -0.1) is 0 Å². The molecule has 0 heterocycles. The van der Waals surface area contributed by atoms with E-state index in [2.05, 4.69) is 22.4 Å². The van der Waals surface area contributed by atoms with Crippen molar-refractivity contribution in [2.24, 2.45) is 16.6 Å². The van der Waals surface area contributed by atoms with Crippen LogP contribution >= 0.6 is 0 Å². The fourth-order valence-corrected chi connectivity index (χ4v) is 2.66. The molecular weight excluding hydrogens is 262 g/mol. The highest BCUT2D eigenvalue weighted by molar-refractivity contribution is 5.77. The Morgan fingerprint density at radius 2 is 2.10 bits per heavy atom. The monoisotopic (exact) mass is 289 g/mol. The molecule has 0 spiro atoms. The molecule has 0 amide bonds. The first kappa shape index (κ1) is 15.8. The molecule has 2 atom stereocenters. The van der Waals surface area contributed by atoms with Gasteiger partial charge in [0, 0.05) is 19.0 Å². The highest BCUT2D eigenvalue weighted by Crippen LogP contribution is 2.25. The normalized spacial score (nSPS) is 18.9. The Labute approximate surface area is 127 Å². The van der Waals surface area contributed by atoms with E-state index in [9.17, 15) is 5.11 Å². The minimum Gasteiger partial charge on any atom is -0.393 e. The fourth-order valence-electron chi connectivity index (χ4n) is 2.66. The highest BCUT2D eigenvalue weighted by atomic mass is 16.3. The van der Waals surface area contributed by atoms with Gasteiger partial charge >= 0.3 is 0 Å². The molecule has 0 saturated heterocycles. The van der Waals surface area contributed by atoms with Crippen molar-refractivity contribution >= 4 is 5.96 Å². The van der Waals surface area contributed by atoms with Gasteiger partial charge in [-0.05, 0) is 37.7 Å². The second kappa shape index (κ2) is 8.03. The van der Waals surface area contributed by atoms with Crippen molar-refractivity contribution in [2.45, 2.75) is 44.6 Å². The molecule has 1 aromatic carbocycles. The van der Waals surface area contributed by atoms with E-state index >= 15 is 0 Å². The summed E-state index contributed by atoms with van der Waals surface area (Å²) in [4.78, 5) is 4.46. The van der Waals surface area contributed by atoms with Gasteiger partial charge in [-0.3, -0.25) is 4.99 Å². The Morgan fingerprint density at radius 1 is 1.38 bits per heavy atom. The van der Waals surface area contributed by atoms with Crippen LogP contribution in [0, 0.1) is 5.92 Å². The summed E-state index contributed by atoms with van der Waals surface area (Å²) < 4.78 is 0. The molecule has 4 N–H and O–H groups in total. The minimum atomic E-state index is -0.338. The molecule has 1 fully saturated rings. The summed E-state index contributed by atoms with van der Waals surface area (Å²) in [6, 6.07) is 10.2. The highest BCUT2D eigenvalue weighted by Gasteiger charge is 2.17. The van der Waals surface area contributed by atoms with Gasteiger partial charge < -0.3 is 16.2 Å². The molecule has 21 heavy (non-hydrogen) atoms. The SMILES string of the molecule is CC(O)CC(CN=C(N)NCC1CCC1)c1ccccc1. The summed E-state index contributed by atoms with van der Waals surface area (Å²) in [5, 5.41) is 12.9. The summed E-state index contributed by atoms with van der Waals surface area (Å²) >= 11 is 0. The second-order valence-electron chi connectivity index (χ2n) is 6.10. The van der Waals surface area contributed by atoms with Crippen LogP contribution in [-0.4, -0.2) is 30.3 Å². The van der Waals surface area contributed by atoms with E-state index in [4.69, 9.17) is 5.73 Å². The maximum atomic E-state index is 9.67. The maximum absolute atomic E-state index is 9.67. The van der Waals surface area contributed by atoms with Crippen molar-refractivity contribution < 1.29 is 5.11 Å². The number of aliphatic hydroxyl groups is 1. The number of guanidine groups is 1. The van der Waals surface area contributed by atoms with Crippen LogP contribution in [0.3, 0.4) is 0 Å². The van der Waals surface area contributed by atoms with E-state index in [1.54, 1.807) is 0 Å². The molecule has 1 saturated carbocycles. The zero-order valence-electron chi connectivity index (χ0n) is 12.8. The van der Waals surface area contributed by atoms with Gasteiger partial charge in [-0.2, -0.15) is 0 Å². The van der Waals surface area contributed by atoms with Crippen LogP contribution in [-0.2, 0) is 0 Å². The van der Waals surface area contributed by atoms with Crippen LogP contribution in [0.2, 0.25) is 0 Å². The Bertz CT molecular complexity index is 441. The third-order valence-electron chi connectivity index (χ3n) is 4.18. The first-order chi connectivity index (χ1) is 10.1. The van der Waals surface area contributed by atoms with Crippen LogP contribution in [0.15, 0.2) is 35.3 Å². The van der Waals surface area contributed by atoms with Gasteiger partial charge in [-0.25, -0.2) is 0 Å². The molecule has 1 aromatic rings. The zero-order chi connectivity index (χ0) is 15.1. The lowest BCUT2D eigenvalue weighted by atomic mass is 9.85. The van der Waals surface area contributed by atoms with Crippen molar-refractivity contribution in [1.82, 2.24) is 5.32 Å². The maximum Gasteiger partial charge on any atom is 0.188 e. The largest absolute Gasteiger partial charge is 0.393 e. The van der Waals surface area contributed by atoms with Crippen LogP contribution < -0.4 is 11.1 Å². The number of nitrogens with zero attached hydrogens (tertiary/aromatic N) is 1. The van der Waals surface area contributed by atoms with Crippen LogP contribution in [0.5, 0.6) is 0 Å². The van der Waals surface area contributed by atoms with Gasteiger partial charge in [-0.1, -0.05) is 36.8 Å². The van der Waals surface area contributed by atoms with Gasteiger partial charge in [0.05, 0.1) is 6.10 Å². The van der Waals surface area contributed by atoms with Crippen molar-refractivity contribution in [3.8, 4) is 0 Å². The smallest absolute Gasteiger partial charge is 0.188 e. The lowest BCUT2D eigenvalue weighted by Crippen LogP contribution is -2.37. The molecular formula is C17H27N3O. The summed E-state index contributed by atoms with van der Waals surface area (Å²) in [7, 11) is 0. The quantitative estimate of drug-likeness (QED) is 0.532. The van der Waals surface area contributed by atoms with Crippen molar-refractivity contribution in [2.75, 3.05) is 13.1 Å². The van der Waals surface area contributed by atoms with E-state index < -0.39 is 0 Å². The zero-order valence-corrected chi connectivity index (χ0v) is 12.8. The molecule has 0 bridgehead atoms. The number of rotatable bonds is 7. The summed E-state index contributed by atoms with van der Waals surface area (Å²) in [5.74, 6) is 1.49. The molecule has 0 radical (unpaired) electrons. The van der Waals surface area contributed by atoms with Crippen LogP contribution in [0.4, 0.5) is 0 Å². The number of benzene rings is 1. The van der Waals surface area contributed by atoms with Gasteiger partial charge in [0.1, 0.15) is 0 Å². The number of nitrogens with two attached hydrogens (primary N) is 1. The average molecular weight is 289 g/mol. The molecule has 116 valence electrons. The number of aliphatic hydroxyl groups excluding tert-OH is 1. The molecule has 1 aliphatic rings. The second-order valence-corrected chi connectivity index (χ2v) is 6.10. The third kappa shape index (κ3) is 5.38. The average Bonchev–Trinajstić information content (AvgIpc) is 2.42. The Hall–Kier alpha value is -1.55. The standard InChI is InChI=1S/C17H27N3O/c1-13(21)10-16(15-8-3-2-4-9-15)12-20-17(18)19-11-14-6-5-7-14/h2-4,8-9,13-14,16,21H,5-7,10-12H2,1H3,(H3,18,19,20). The van der Waals surface area contributed by atoms with Crippen LogP contribution in [0.25, 0.3) is 0 Å². The molecule has 0 aromatic heterocycles. The third-order valence-corrected chi connectivity index (χ3v) is 4.18. The van der Waals surface area contributed by atoms with Gasteiger partial charge in [0.15, 0.2) is 5.96 Å². The predicted molar refractivity (Wildman–Crippen MR) is 87.3 cm³/mol. The number of nitrogens with one attached hydrogen (secondary N) is 1. The number of hydrogen-bond donors (Lipinski definition) is 3. The molecule has 1 aliphatic carbocycles. The Morgan fingerprint density at radius 3 is 2.67 bits per heavy atom. The lowest BCUT2D eigenvalue weighted by molar-refractivity contribution is 0.175. The Kier molecular flexibility index (Phi) is 6.05. The summed E-state index contributed by atoms with van der Waals surface area (Å²) in [5.41, 5.74) is 7.14.